The van der Waals surface area contributed by atoms with E-state index in [1.807, 2.05) is 24.3 Å². The highest BCUT2D eigenvalue weighted by Gasteiger charge is 2.20. The standard InChI is InChI=1S/C14H20O3/c1-16-13-7-5-11(6-8-13)10-17-14-4-2-3-12(15)9-14/h5-8,12,14-15H,2-4,9-10H2,1H3. The highest BCUT2D eigenvalue weighted by Crippen LogP contribution is 2.22. The predicted molar refractivity (Wildman–Crippen MR) is 66.0 cm³/mol. The van der Waals surface area contributed by atoms with E-state index < -0.39 is 0 Å². The summed E-state index contributed by atoms with van der Waals surface area (Å²) < 4.78 is 10.9. The van der Waals surface area contributed by atoms with Gasteiger partial charge < -0.3 is 14.6 Å². The Labute approximate surface area is 102 Å². The molecule has 0 saturated heterocycles. The minimum Gasteiger partial charge on any atom is -0.497 e. The number of aliphatic hydroxyl groups is 1. The molecule has 3 nitrogen and oxygen atoms in total. The zero-order chi connectivity index (χ0) is 12.1. The zero-order valence-electron chi connectivity index (χ0n) is 10.3. The Balaban J connectivity index is 1.80. The molecule has 1 aromatic carbocycles. The van der Waals surface area contributed by atoms with E-state index >= 15 is 0 Å². The molecule has 1 aromatic rings. The van der Waals surface area contributed by atoms with E-state index in [9.17, 15) is 5.11 Å². The topological polar surface area (TPSA) is 38.7 Å². The third-order valence-corrected chi connectivity index (χ3v) is 3.24. The lowest BCUT2D eigenvalue weighted by Crippen LogP contribution is -2.25. The molecule has 3 heteroatoms. The molecule has 0 heterocycles. The molecule has 1 fully saturated rings. The van der Waals surface area contributed by atoms with E-state index in [1.165, 1.54) is 0 Å². The second kappa shape index (κ2) is 6.03. The van der Waals surface area contributed by atoms with Gasteiger partial charge in [-0.3, -0.25) is 0 Å². The van der Waals surface area contributed by atoms with Crippen LogP contribution >= 0.6 is 0 Å². The fourth-order valence-corrected chi connectivity index (χ4v) is 2.21. The van der Waals surface area contributed by atoms with Gasteiger partial charge in [0.15, 0.2) is 0 Å². The first kappa shape index (κ1) is 12.4. The van der Waals surface area contributed by atoms with E-state index in [4.69, 9.17) is 9.47 Å². The van der Waals surface area contributed by atoms with Crippen molar-refractivity contribution in [2.45, 2.75) is 44.5 Å². The van der Waals surface area contributed by atoms with Crippen molar-refractivity contribution in [3.8, 4) is 5.75 Å². The summed E-state index contributed by atoms with van der Waals surface area (Å²) in [7, 11) is 1.66. The quantitative estimate of drug-likeness (QED) is 0.873. The fraction of sp³-hybridized carbons (Fsp3) is 0.571. The molecule has 94 valence electrons. The van der Waals surface area contributed by atoms with Gasteiger partial charge in [-0.05, 0) is 43.4 Å². The number of hydrogen-bond donors (Lipinski definition) is 1. The van der Waals surface area contributed by atoms with Crippen molar-refractivity contribution >= 4 is 0 Å². The van der Waals surface area contributed by atoms with Crippen LogP contribution in [0.1, 0.15) is 31.2 Å². The molecule has 2 rings (SSSR count). The summed E-state index contributed by atoms with van der Waals surface area (Å²) in [5.41, 5.74) is 1.14. The summed E-state index contributed by atoms with van der Waals surface area (Å²) in [5.74, 6) is 0.863. The summed E-state index contributed by atoms with van der Waals surface area (Å²) in [6, 6.07) is 7.90. The van der Waals surface area contributed by atoms with E-state index in [1.54, 1.807) is 7.11 Å². The van der Waals surface area contributed by atoms with E-state index in [2.05, 4.69) is 0 Å². The van der Waals surface area contributed by atoms with Crippen LogP contribution in [0.5, 0.6) is 5.75 Å². The maximum Gasteiger partial charge on any atom is 0.118 e. The SMILES string of the molecule is COc1ccc(COC2CCCC(O)C2)cc1. The summed E-state index contributed by atoms with van der Waals surface area (Å²) >= 11 is 0. The number of hydrogen-bond acceptors (Lipinski definition) is 3. The molecule has 0 radical (unpaired) electrons. The third-order valence-electron chi connectivity index (χ3n) is 3.24. The Kier molecular flexibility index (Phi) is 4.40. The van der Waals surface area contributed by atoms with Crippen molar-refractivity contribution in [1.29, 1.82) is 0 Å². The first-order chi connectivity index (χ1) is 8.28. The van der Waals surface area contributed by atoms with Crippen molar-refractivity contribution in [1.82, 2.24) is 0 Å². The summed E-state index contributed by atoms with van der Waals surface area (Å²) in [6.45, 7) is 0.612. The molecule has 0 aliphatic heterocycles. The van der Waals surface area contributed by atoms with Crippen LogP contribution in [-0.2, 0) is 11.3 Å². The van der Waals surface area contributed by atoms with Crippen LogP contribution in [0.2, 0.25) is 0 Å². The molecule has 1 aliphatic carbocycles. The average molecular weight is 236 g/mol. The average Bonchev–Trinajstić information content (AvgIpc) is 2.37. The lowest BCUT2D eigenvalue weighted by atomic mass is 9.95. The largest absolute Gasteiger partial charge is 0.497 e. The van der Waals surface area contributed by atoms with Crippen LogP contribution < -0.4 is 4.74 Å². The monoisotopic (exact) mass is 236 g/mol. The number of aliphatic hydroxyl groups excluding tert-OH is 1. The summed E-state index contributed by atoms with van der Waals surface area (Å²) in [4.78, 5) is 0. The smallest absolute Gasteiger partial charge is 0.118 e. The van der Waals surface area contributed by atoms with E-state index in [-0.39, 0.29) is 12.2 Å². The Morgan fingerprint density at radius 2 is 2.00 bits per heavy atom. The first-order valence-electron chi connectivity index (χ1n) is 6.20. The molecule has 1 aliphatic rings. The minimum absolute atomic E-state index is 0.176. The summed E-state index contributed by atoms with van der Waals surface area (Å²) in [6.07, 6.45) is 3.85. The van der Waals surface area contributed by atoms with Gasteiger partial charge in [0, 0.05) is 0 Å². The van der Waals surface area contributed by atoms with Gasteiger partial charge in [-0.1, -0.05) is 12.1 Å². The number of benzene rings is 1. The van der Waals surface area contributed by atoms with Gasteiger partial charge in [-0.25, -0.2) is 0 Å². The zero-order valence-corrected chi connectivity index (χ0v) is 10.3. The Bertz CT molecular complexity index is 334. The molecule has 0 bridgehead atoms. The van der Waals surface area contributed by atoms with Gasteiger partial charge in [-0.15, -0.1) is 0 Å². The molecule has 1 saturated carbocycles. The number of ether oxygens (including phenoxy) is 2. The lowest BCUT2D eigenvalue weighted by Gasteiger charge is -2.26. The number of rotatable bonds is 4. The first-order valence-corrected chi connectivity index (χ1v) is 6.20. The van der Waals surface area contributed by atoms with E-state index in [0.29, 0.717) is 6.61 Å². The van der Waals surface area contributed by atoms with Crippen LogP contribution in [-0.4, -0.2) is 24.4 Å². The van der Waals surface area contributed by atoms with Crippen molar-refractivity contribution < 1.29 is 14.6 Å². The second-order valence-electron chi connectivity index (χ2n) is 4.60. The van der Waals surface area contributed by atoms with Gasteiger partial charge in [0.05, 0.1) is 25.9 Å². The number of methoxy groups -OCH3 is 1. The molecule has 1 N–H and O–H groups in total. The van der Waals surface area contributed by atoms with Crippen molar-refractivity contribution in [2.75, 3.05) is 7.11 Å². The Hall–Kier alpha value is -1.06. The second-order valence-corrected chi connectivity index (χ2v) is 4.60. The highest BCUT2D eigenvalue weighted by atomic mass is 16.5. The van der Waals surface area contributed by atoms with Crippen LogP contribution in [0, 0.1) is 0 Å². The third kappa shape index (κ3) is 3.72. The van der Waals surface area contributed by atoms with Crippen LogP contribution in [0.4, 0.5) is 0 Å². The maximum absolute atomic E-state index is 9.55. The Morgan fingerprint density at radius 1 is 1.24 bits per heavy atom. The van der Waals surface area contributed by atoms with Gasteiger partial charge in [-0.2, -0.15) is 0 Å². The minimum atomic E-state index is -0.176. The molecule has 0 aromatic heterocycles. The molecule has 0 amide bonds. The van der Waals surface area contributed by atoms with E-state index in [0.717, 1.165) is 37.0 Å². The van der Waals surface area contributed by atoms with Gasteiger partial charge >= 0.3 is 0 Å². The molecule has 2 unspecified atom stereocenters. The van der Waals surface area contributed by atoms with Gasteiger partial charge in [0.1, 0.15) is 5.75 Å². The predicted octanol–water partition coefficient (Wildman–Crippen LogP) is 2.52. The highest BCUT2D eigenvalue weighted by molar-refractivity contribution is 5.26. The van der Waals surface area contributed by atoms with Crippen molar-refractivity contribution in [2.24, 2.45) is 0 Å². The van der Waals surface area contributed by atoms with Gasteiger partial charge in [0.25, 0.3) is 0 Å². The normalized spacial score (nSPS) is 24.6. The molecular formula is C14H20O3. The van der Waals surface area contributed by atoms with Crippen LogP contribution in [0.3, 0.4) is 0 Å². The van der Waals surface area contributed by atoms with Gasteiger partial charge in [0.2, 0.25) is 0 Å². The van der Waals surface area contributed by atoms with Crippen molar-refractivity contribution in [3.63, 3.8) is 0 Å². The van der Waals surface area contributed by atoms with Crippen molar-refractivity contribution in [3.05, 3.63) is 29.8 Å². The summed E-state index contributed by atoms with van der Waals surface area (Å²) in [5, 5.41) is 9.55. The maximum atomic E-state index is 9.55. The molecule has 2 atom stereocenters. The fourth-order valence-electron chi connectivity index (χ4n) is 2.21. The Morgan fingerprint density at radius 3 is 2.65 bits per heavy atom. The van der Waals surface area contributed by atoms with Crippen LogP contribution in [0.25, 0.3) is 0 Å². The molecular weight excluding hydrogens is 216 g/mol. The lowest BCUT2D eigenvalue weighted by molar-refractivity contribution is -0.0228. The van der Waals surface area contributed by atoms with Crippen LogP contribution in [0.15, 0.2) is 24.3 Å². The molecule has 17 heavy (non-hydrogen) atoms. The molecule has 0 spiro atoms.